The van der Waals surface area contributed by atoms with Gasteiger partial charge in [-0.15, -0.1) is 4.99 Å². The Labute approximate surface area is 105 Å². The van der Waals surface area contributed by atoms with E-state index in [9.17, 15) is 9.59 Å². The van der Waals surface area contributed by atoms with Crippen molar-refractivity contribution >= 4 is 18.1 Å². The molecule has 0 aromatic heterocycles. The maximum Gasteiger partial charge on any atom is 0.392 e. The van der Waals surface area contributed by atoms with Crippen molar-refractivity contribution in [2.24, 2.45) is 4.99 Å². The van der Waals surface area contributed by atoms with E-state index in [1.165, 1.54) is 35.5 Å². The van der Waals surface area contributed by atoms with E-state index >= 15 is 0 Å². The van der Waals surface area contributed by atoms with Crippen LogP contribution in [-0.4, -0.2) is 53.6 Å². The highest BCUT2D eigenvalue weighted by Gasteiger charge is 1.98. The zero-order valence-electron chi connectivity index (χ0n) is 10.9. The standard InChI is InChI=1S/C5H10N2O3.C3H8N2O3/c1-6-4(8)7-5(9-2)10-3;1-7-4-3(6)5-8-2/h1-3H3,(H,6,8);1-2H3,(H2,4,5,6). The number of nitrogens with zero attached hydrogens (tertiary/aromatic N) is 1. The summed E-state index contributed by atoms with van der Waals surface area (Å²) in [5.41, 5.74) is 3.94. The third kappa shape index (κ3) is 12.0. The number of nitrogens with one attached hydrogen (secondary N) is 3. The number of carbonyl (C=O) groups excluding carboxylic acids is 2. The van der Waals surface area contributed by atoms with Gasteiger partial charge in [-0.05, 0) is 0 Å². The summed E-state index contributed by atoms with van der Waals surface area (Å²) in [6.07, 6.45) is -0.0562. The van der Waals surface area contributed by atoms with Crippen molar-refractivity contribution in [3.63, 3.8) is 0 Å². The van der Waals surface area contributed by atoms with Gasteiger partial charge in [-0.1, -0.05) is 0 Å². The molecule has 0 bridgehead atoms. The summed E-state index contributed by atoms with van der Waals surface area (Å²) in [4.78, 5) is 32.4. The molecule has 0 radical (unpaired) electrons. The first-order valence-corrected chi connectivity index (χ1v) is 4.55. The number of hydrogen-bond acceptors (Lipinski definition) is 6. The lowest BCUT2D eigenvalue weighted by molar-refractivity contribution is 0.0604. The number of urea groups is 2. The van der Waals surface area contributed by atoms with Crippen LogP contribution < -0.4 is 16.3 Å². The Bertz CT molecular complexity index is 256. The van der Waals surface area contributed by atoms with Crippen LogP contribution in [0.5, 0.6) is 0 Å². The molecule has 10 nitrogen and oxygen atoms in total. The Kier molecular flexibility index (Phi) is 13.2. The van der Waals surface area contributed by atoms with Crippen LogP contribution in [0.25, 0.3) is 0 Å². The summed E-state index contributed by atoms with van der Waals surface area (Å²) in [7, 11) is 6.86. The highest BCUT2D eigenvalue weighted by atomic mass is 16.7. The molecule has 0 fully saturated rings. The Hall–Kier alpha value is -2.07. The van der Waals surface area contributed by atoms with Crippen molar-refractivity contribution in [3.8, 4) is 0 Å². The van der Waals surface area contributed by atoms with Gasteiger partial charge in [0.1, 0.15) is 0 Å². The third-order valence-electron chi connectivity index (χ3n) is 1.15. The molecule has 10 heteroatoms. The van der Waals surface area contributed by atoms with Crippen molar-refractivity contribution < 1.29 is 28.7 Å². The van der Waals surface area contributed by atoms with Crippen LogP contribution in [-0.2, 0) is 19.1 Å². The minimum Gasteiger partial charge on any atom is -0.454 e. The van der Waals surface area contributed by atoms with Crippen LogP contribution in [0, 0.1) is 0 Å². The number of amides is 4. The fourth-order valence-corrected chi connectivity index (χ4v) is 0.520. The molecular formula is C8H18N4O6. The second kappa shape index (κ2) is 13.0. The largest absolute Gasteiger partial charge is 0.454 e. The molecule has 0 atom stereocenters. The number of hydrogen-bond donors (Lipinski definition) is 3. The van der Waals surface area contributed by atoms with Crippen LogP contribution in [0.15, 0.2) is 4.99 Å². The smallest absolute Gasteiger partial charge is 0.392 e. The van der Waals surface area contributed by atoms with Gasteiger partial charge in [0.15, 0.2) is 0 Å². The van der Waals surface area contributed by atoms with E-state index in [1.807, 2.05) is 11.0 Å². The summed E-state index contributed by atoms with van der Waals surface area (Å²) < 4.78 is 9.08. The first-order valence-electron chi connectivity index (χ1n) is 4.55. The fourth-order valence-electron chi connectivity index (χ4n) is 0.520. The monoisotopic (exact) mass is 266 g/mol. The molecular weight excluding hydrogens is 248 g/mol. The van der Waals surface area contributed by atoms with Crippen molar-refractivity contribution in [1.29, 1.82) is 0 Å². The minimum absolute atomic E-state index is 0.0562. The lowest BCUT2D eigenvalue weighted by Gasteiger charge is -1.99. The summed E-state index contributed by atoms with van der Waals surface area (Å²) in [5.74, 6) is 0. The molecule has 0 spiro atoms. The first-order chi connectivity index (χ1) is 8.55. The second-order valence-electron chi connectivity index (χ2n) is 2.28. The molecule has 4 amide bonds. The highest BCUT2D eigenvalue weighted by Crippen LogP contribution is 1.81. The molecule has 0 aromatic rings. The van der Waals surface area contributed by atoms with Gasteiger partial charge < -0.3 is 14.8 Å². The van der Waals surface area contributed by atoms with Crippen molar-refractivity contribution in [1.82, 2.24) is 16.3 Å². The second-order valence-corrected chi connectivity index (χ2v) is 2.28. The number of hydroxylamine groups is 2. The molecule has 0 aliphatic heterocycles. The number of carbonyl (C=O) groups is 2. The van der Waals surface area contributed by atoms with Gasteiger partial charge in [0, 0.05) is 7.05 Å². The van der Waals surface area contributed by atoms with Crippen LogP contribution >= 0.6 is 0 Å². The maximum absolute atomic E-state index is 10.5. The number of ether oxygens (including phenoxy) is 2. The number of aliphatic imine (C=N–C) groups is 1. The van der Waals surface area contributed by atoms with E-state index in [0.29, 0.717) is 0 Å². The molecule has 0 heterocycles. The number of methoxy groups -OCH3 is 2. The predicted molar refractivity (Wildman–Crippen MR) is 61.6 cm³/mol. The molecule has 0 saturated carbocycles. The van der Waals surface area contributed by atoms with Gasteiger partial charge in [0.2, 0.25) is 0 Å². The van der Waals surface area contributed by atoms with Gasteiger partial charge in [-0.25, -0.2) is 20.5 Å². The van der Waals surface area contributed by atoms with E-state index in [4.69, 9.17) is 0 Å². The van der Waals surface area contributed by atoms with Gasteiger partial charge in [-0.3, -0.25) is 9.68 Å². The molecule has 0 unspecified atom stereocenters. The summed E-state index contributed by atoms with van der Waals surface area (Å²) in [6, 6.07) is -1.03. The number of rotatable bonds is 2. The van der Waals surface area contributed by atoms with Gasteiger partial charge in [0.05, 0.1) is 28.4 Å². The van der Waals surface area contributed by atoms with Crippen LogP contribution in [0.2, 0.25) is 0 Å². The Balaban J connectivity index is 0. The maximum atomic E-state index is 10.5. The SMILES string of the molecule is CNC(=O)N=C(OC)OC.CONC(=O)NOC. The average Bonchev–Trinajstić information content (AvgIpc) is 2.37. The zero-order chi connectivity index (χ0) is 14.4. The molecule has 0 aliphatic carbocycles. The van der Waals surface area contributed by atoms with Crippen LogP contribution in [0.3, 0.4) is 0 Å². The van der Waals surface area contributed by atoms with E-state index in [2.05, 4.69) is 29.5 Å². The summed E-state index contributed by atoms with van der Waals surface area (Å²) in [6.45, 7) is 0. The van der Waals surface area contributed by atoms with Gasteiger partial charge >= 0.3 is 18.1 Å². The molecule has 0 aliphatic rings. The average molecular weight is 266 g/mol. The normalized spacial score (nSPS) is 8.06. The summed E-state index contributed by atoms with van der Waals surface area (Å²) in [5, 5.41) is 2.28. The van der Waals surface area contributed by atoms with Crippen LogP contribution in [0.4, 0.5) is 9.59 Å². The summed E-state index contributed by atoms with van der Waals surface area (Å²) >= 11 is 0. The van der Waals surface area contributed by atoms with Crippen molar-refractivity contribution in [3.05, 3.63) is 0 Å². The van der Waals surface area contributed by atoms with Gasteiger partial charge in [-0.2, -0.15) is 0 Å². The van der Waals surface area contributed by atoms with Crippen LogP contribution in [0.1, 0.15) is 0 Å². The molecule has 106 valence electrons. The molecule has 0 saturated heterocycles. The van der Waals surface area contributed by atoms with E-state index in [-0.39, 0.29) is 6.08 Å². The molecule has 0 rings (SSSR count). The molecule has 18 heavy (non-hydrogen) atoms. The predicted octanol–water partition coefficient (Wildman–Crippen LogP) is -0.617. The Morgan fingerprint density at radius 1 is 0.944 bits per heavy atom. The zero-order valence-corrected chi connectivity index (χ0v) is 10.9. The lowest BCUT2D eigenvalue weighted by atomic mass is 11.0. The first kappa shape index (κ1) is 18.3. The van der Waals surface area contributed by atoms with E-state index < -0.39 is 12.1 Å². The Morgan fingerprint density at radius 2 is 1.39 bits per heavy atom. The van der Waals surface area contributed by atoms with Gasteiger partial charge in [0.25, 0.3) is 0 Å². The molecule has 3 N–H and O–H groups in total. The lowest BCUT2D eigenvalue weighted by Crippen LogP contribution is -2.33. The molecule has 0 aromatic carbocycles. The Morgan fingerprint density at radius 3 is 1.67 bits per heavy atom. The van der Waals surface area contributed by atoms with E-state index in [1.54, 1.807) is 0 Å². The highest BCUT2D eigenvalue weighted by molar-refractivity contribution is 5.86. The topological polar surface area (TPSA) is 120 Å². The van der Waals surface area contributed by atoms with Crippen molar-refractivity contribution in [2.75, 3.05) is 35.5 Å². The third-order valence-corrected chi connectivity index (χ3v) is 1.15. The van der Waals surface area contributed by atoms with Crippen molar-refractivity contribution in [2.45, 2.75) is 0 Å². The quantitative estimate of drug-likeness (QED) is 0.348. The fraction of sp³-hybridized carbons (Fsp3) is 0.625. The minimum atomic E-state index is -0.532. The van der Waals surface area contributed by atoms with E-state index in [0.717, 1.165) is 0 Å².